The van der Waals surface area contributed by atoms with E-state index in [1.807, 2.05) is 13.8 Å². The summed E-state index contributed by atoms with van der Waals surface area (Å²) in [6, 6.07) is 12.8. The lowest BCUT2D eigenvalue weighted by Crippen LogP contribution is -2.31. The lowest BCUT2D eigenvalue weighted by Gasteiger charge is -2.24. The maximum absolute atomic E-state index is 11.1. The summed E-state index contributed by atoms with van der Waals surface area (Å²) in [5, 5.41) is 22.6. The summed E-state index contributed by atoms with van der Waals surface area (Å²) in [6.07, 6.45) is -2.21. The van der Waals surface area contributed by atoms with Gasteiger partial charge in [-0.15, -0.1) is 0 Å². The minimum atomic E-state index is -1.21. The van der Waals surface area contributed by atoms with E-state index in [1.54, 1.807) is 48.5 Å². The van der Waals surface area contributed by atoms with Crippen molar-refractivity contribution < 1.29 is 19.7 Å². The third-order valence-corrected chi connectivity index (χ3v) is 3.67. The molecule has 0 fully saturated rings. The van der Waals surface area contributed by atoms with Crippen molar-refractivity contribution in [3.05, 3.63) is 64.7 Å². The smallest absolute Gasteiger partial charge is 0.405 e. The van der Waals surface area contributed by atoms with Gasteiger partial charge >= 0.3 is 6.09 Å². The van der Waals surface area contributed by atoms with E-state index in [4.69, 9.17) is 21.4 Å². The summed E-state index contributed by atoms with van der Waals surface area (Å²) in [5.41, 5.74) is 1.21. The highest BCUT2D eigenvalue weighted by Crippen LogP contribution is 2.30. The van der Waals surface area contributed by atoms with Crippen LogP contribution in [0.1, 0.15) is 37.1 Å². The van der Waals surface area contributed by atoms with Crippen LogP contribution in [-0.4, -0.2) is 22.4 Å². The van der Waals surface area contributed by atoms with Crippen LogP contribution >= 0.6 is 11.6 Å². The van der Waals surface area contributed by atoms with Gasteiger partial charge < -0.3 is 20.3 Å². The molecule has 24 heavy (non-hydrogen) atoms. The summed E-state index contributed by atoms with van der Waals surface area (Å²) in [5.74, 6) is 0.690. The molecule has 0 aliphatic rings. The first-order chi connectivity index (χ1) is 11.4. The second kappa shape index (κ2) is 8.04. The van der Waals surface area contributed by atoms with Gasteiger partial charge in [0.2, 0.25) is 0 Å². The molecule has 2 unspecified atom stereocenters. The van der Waals surface area contributed by atoms with Crippen LogP contribution in [0, 0.1) is 0 Å². The van der Waals surface area contributed by atoms with Crippen molar-refractivity contribution in [3.63, 3.8) is 0 Å². The molecule has 0 aliphatic carbocycles. The van der Waals surface area contributed by atoms with Gasteiger partial charge in [-0.3, -0.25) is 0 Å². The molecule has 1 amide bonds. The molecule has 0 spiro atoms. The van der Waals surface area contributed by atoms with E-state index in [0.717, 1.165) is 0 Å². The van der Waals surface area contributed by atoms with Gasteiger partial charge in [-0.05, 0) is 49.2 Å². The largest absolute Gasteiger partial charge is 0.491 e. The monoisotopic (exact) mass is 349 g/mol. The van der Waals surface area contributed by atoms with E-state index >= 15 is 0 Å². The predicted octanol–water partition coefficient (Wildman–Crippen LogP) is 4.17. The summed E-state index contributed by atoms with van der Waals surface area (Å²) in [6.45, 7) is 3.85. The van der Waals surface area contributed by atoms with Crippen LogP contribution in [0.2, 0.25) is 5.02 Å². The molecule has 128 valence electrons. The zero-order valence-electron chi connectivity index (χ0n) is 13.4. The van der Waals surface area contributed by atoms with Gasteiger partial charge in [-0.25, -0.2) is 4.79 Å². The summed E-state index contributed by atoms with van der Waals surface area (Å²) >= 11 is 5.86. The molecular formula is C18H20ClNO4. The molecule has 0 aliphatic heterocycles. The summed E-state index contributed by atoms with van der Waals surface area (Å²) in [7, 11) is 0. The third kappa shape index (κ3) is 4.88. The van der Waals surface area contributed by atoms with Crippen molar-refractivity contribution in [1.29, 1.82) is 0 Å². The van der Waals surface area contributed by atoms with Gasteiger partial charge in [0.25, 0.3) is 0 Å². The first-order valence-corrected chi connectivity index (χ1v) is 7.94. The third-order valence-electron chi connectivity index (χ3n) is 3.42. The molecule has 0 radical (unpaired) electrons. The quantitative estimate of drug-likeness (QED) is 0.731. The Morgan fingerprint density at radius 2 is 1.58 bits per heavy atom. The van der Waals surface area contributed by atoms with Crippen LogP contribution in [0.15, 0.2) is 48.5 Å². The molecular weight excluding hydrogens is 330 g/mol. The molecule has 3 N–H and O–H groups in total. The maximum atomic E-state index is 11.1. The van der Waals surface area contributed by atoms with E-state index in [2.05, 4.69) is 5.32 Å². The second-order valence-corrected chi connectivity index (χ2v) is 6.10. The minimum absolute atomic E-state index is 0.0521. The van der Waals surface area contributed by atoms with Gasteiger partial charge in [-0.1, -0.05) is 35.9 Å². The van der Waals surface area contributed by atoms with Crippen molar-refractivity contribution in [2.24, 2.45) is 0 Å². The fourth-order valence-electron chi connectivity index (χ4n) is 2.36. The van der Waals surface area contributed by atoms with Crippen molar-refractivity contribution in [2.75, 3.05) is 0 Å². The maximum Gasteiger partial charge on any atom is 0.405 e. The fraction of sp³-hybridized carbons (Fsp3) is 0.278. The Kier molecular flexibility index (Phi) is 6.06. The van der Waals surface area contributed by atoms with E-state index < -0.39 is 18.2 Å². The number of carboxylic acid groups (broad SMARTS) is 1. The Balaban J connectivity index is 2.25. The molecule has 5 nitrogen and oxygen atoms in total. The number of ether oxygens (including phenoxy) is 1. The Labute approximate surface area is 145 Å². The number of nitrogens with one attached hydrogen (secondary N) is 1. The zero-order chi connectivity index (χ0) is 17.7. The molecule has 2 rings (SSSR count). The van der Waals surface area contributed by atoms with E-state index in [-0.39, 0.29) is 6.10 Å². The van der Waals surface area contributed by atoms with Crippen molar-refractivity contribution in [1.82, 2.24) is 5.32 Å². The summed E-state index contributed by atoms with van der Waals surface area (Å²) < 4.78 is 5.57. The first-order valence-electron chi connectivity index (χ1n) is 7.56. The number of amides is 1. The highest BCUT2D eigenvalue weighted by Gasteiger charge is 2.24. The average molecular weight is 350 g/mol. The second-order valence-electron chi connectivity index (χ2n) is 5.66. The Morgan fingerprint density at radius 3 is 2.08 bits per heavy atom. The van der Waals surface area contributed by atoms with Gasteiger partial charge in [0.05, 0.1) is 12.1 Å². The minimum Gasteiger partial charge on any atom is -0.491 e. The fourth-order valence-corrected chi connectivity index (χ4v) is 2.48. The van der Waals surface area contributed by atoms with Crippen LogP contribution in [0.4, 0.5) is 4.79 Å². The number of aliphatic hydroxyl groups is 1. The zero-order valence-corrected chi connectivity index (χ0v) is 14.2. The Morgan fingerprint density at radius 1 is 1.04 bits per heavy atom. The average Bonchev–Trinajstić information content (AvgIpc) is 2.53. The van der Waals surface area contributed by atoms with Crippen molar-refractivity contribution in [2.45, 2.75) is 32.1 Å². The van der Waals surface area contributed by atoms with Crippen LogP contribution in [0.25, 0.3) is 0 Å². The van der Waals surface area contributed by atoms with E-state index in [1.165, 1.54) is 0 Å². The van der Waals surface area contributed by atoms with E-state index in [0.29, 0.717) is 21.9 Å². The first kappa shape index (κ1) is 18.1. The van der Waals surface area contributed by atoms with Crippen LogP contribution in [0.5, 0.6) is 5.75 Å². The number of rotatable bonds is 6. The molecule has 2 atom stereocenters. The highest BCUT2D eigenvalue weighted by molar-refractivity contribution is 6.30. The van der Waals surface area contributed by atoms with Crippen LogP contribution in [-0.2, 0) is 0 Å². The van der Waals surface area contributed by atoms with Gasteiger partial charge in [0, 0.05) is 5.02 Å². The molecule has 6 heteroatoms. The van der Waals surface area contributed by atoms with Gasteiger partial charge in [0.15, 0.2) is 0 Å². The van der Waals surface area contributed by atoms with E-state index in [9.17, 15) is 9.90 Å². The molecule has 0 saturated carbocycles. The van der Waals surface area contributed by atoms with Crippen LogP contribution < -0.4 is 10.1 Å². The molecule has 0 bridgehead atoms. The predicted molar refractivity (Wildman–Crippen MR) is 92.5 cm³/mol. The normalized spacial score (nSPS) is 13.4. The number of benzene rings is 2. The number of hydrogen-bond donors (Lipinski definition) is 3. The molecule has 0 heterocycles. The molecule has 0 aromatic heterocycles. The Hall–Kier alpha value is -2.24. The number of hydrogen-bond acceptors (Lipinski definition) is 3. The highest BCUT2D eigenvalue weighted by atomic mass is 35.5. The number of carbonyl (C=O) groups is 1. The standard InChI is InChI=1S/C18H20ClNO4/c1-11(2)24-15-9-5-13(6-10-15)17(21)16(20-18(22)23)12-3-7-14(19)8-4-12/h3-11,16-17,20-21H,1-2H3,(H,22,23). The Bertz CT molecular complexity index is 670. The molecule has 2 aromatic rings. The number of halogens is 1. The van der Waals surface area contributed by atoms with Crippen molar-refractivity contribution in [3.8, 4) is 5.75 Å². The van der Waals surface area contributed by atoms with Gasteiger partial charge in [-0.2, -0.15) is 0 Å². The molecule has 0 saturated heterocycles. The van der Waals surface area contributed by atoms with Gasteiger partial charge in [0.1, 0.15) is 11.9 Å². The van der Waals surface area contributed by atoms with Crippen molar-refractivity contribution >= 4 is 17.7 Å². The lowest BCUT2D eigenvalue weighted by atomic mass is 9.96. The SMILES string of the molecule is CC(C)Oc1ccc(C(O)C(NC(=O)O)c2ccc(Cl)cc2)cc1. The molecule has 2 aromatic carbocycles. The van der Waals surface area contributed by atoms with Crippen LogP contribution in [0.3, 0.4) is 0 Å². The summed E-state index contributed by atoms with van der Waals surface area (Å²) in [4.78, 5) is 11.1. The number of aliphatic hydroxyl groups excluding tert-OH is 1. The topological polar surface area (TPSA) is 78.8 Å². The lowest BCUT2D eigenvalue weighted by molar-refractivity contribution is 0.120.